The van der Waals surface area contributed by atoms with Gasteiger partial charge in [0.15, 0.2) is 0 Å². The summed E-state index contributed by atoms with van der Waals surface area (Å²) >= 11 is 0. The van der Waals surface area contributed by atoms with Gasteiger partial charge in [-0.25, -0.2) is 19.4 Å². The van der Waals surface area contributed by atoms with Gasteiger partial charge in [0.05, 0.1) is 11.1 Å². The number of carbonyl (C=O) groups is 4. The number of amides is 3. The summed E-state index contributed by atoms with van der Waals surface area (Å²) in [5.41, 5.74) is 1.89. The van der Waals surface area contributed by atoms with Crippen LogP contribution in [0.4, 0.5) is 21.0 Å². The van der Waals surface area contributed by atoms with Crippen LogP contribution in [0.5, 0.6) is 5.75 Å². The molecule has 4 aromatic rings. The molecule has 0 unspecified atom stereocenters. The van der Waals surface area contributed by atoms with Crippen molar-refractivity contribution in [2.24, 2.45) is 10.4 Å². The number of ether oxygens (including phenoxy) is 3. The van der Waals surface area contributed by atoms with Crippen LogP contribution >= 0.6 is 0 Å². The molecule has 0 bridgehead atoms. The lowest BCUT2D eigenvalue weighted by Gasteiger charge is -2.21. The highest BCUT2D eigenvalue weighted by Crippen LogP contribution is 2.24. The maximum Gasteiger partial charge on any atom is 0.437 e. The zero-order valence-corrected chi connectivity index (χ0v) is 31.8. The first kappa shape index (κ1) is 42.0. The molecule has 0 spiro atoms. The summed E-state index contributed by atoms with van der Waals surface area (Å²) in [7, 11) is 0. The van der Waals surface area contributed by atoms with Crippen molar-refractivity contribution >= 4 is 58.5 Å². The molecule has 4 rings (SSSR count). The fourth-order valence-electron chi connectivity index (χ4n) is 4.66. The highest BCUT2D eigenvalue weighted by Gasteiger charge is 2.21. The summed E-state index contributed by atoms with van der Waals surface area (Å²) in [6.07, 6.45) is -0.580. The monoisotopic (exact) mass is 739 g/mol. The molecule has 0 aliphatic carbocycles. The lowest BCUT2D eigenvalue weighted by molar-refractivity contribution is -0.191. The van der Waals surface area contributed by atoms with Gasteiger partial charge in [-0.3, -0.25) is 10.1 Å². The maximum absolute atomic E-state index is 13.0. The minimum absolute atomic E-state index is 0.166. The van der Waals surface area contributed by atoms with E-state index >= 15 is 0 Å². The molecule has 0 saturated carbocycles. The highest BCUT2D eigenvalue weighted by atomic mass is 16.6. The summed E-state index contributed by atoms with van der Waals surface area (Å²) in [5.74, 6) is -0.896. The second-order valence-corrected chi connectivity index (χ2v) is 15.2. The number of guanidine groups is 1. The van der Waals surface area contributed by atoms with Gasteiger partial charge in [-0.15, -0.1) is 4.99 Å². The maximum atomic E-state index is 13.0. The molecule has 284 valence electrons. The van der Waals surface area contributed by atoms with Gasteiger partial charge in [0.2, 0.25) is 5.96 Å². The van der Waals surface area contributed by atoms with Gasteiger partial charge in [0.25, 0.3) is 5.91 Å². The molecule has 3 N–H and O–H groups in total. The molecular formula is C40H45N5O9. The number of fused-ring (bicyclic) bond motifs is 1. The van der Waals surface area contributed by atoms with Crippen molar-refractivity contribution in [3.63, 3.8) is 0 Å². The lowest BCUT2D eigenvalue weighted by atomic mass is 9.88. The molecule has 0 saturated heterocycles. The number of rotatable bonds is 6. The van der Waals surface area contributed by atoms with Crippen molar-refractivity contribution in [3.05, 3.63) is 95.7 Å². The lowest BCUT2D eigenvalue weighted by Crippen LogP contribution is -2.40. The number of carbonyl (C=O) groups excluding carboxylic acids is 6. The number of pyridine rings is 1. The molecule has 0 aliphatic heterocycles. The third-order valence-corrected chi connectivity index (χ3v) is 6.65. The summed E-state index contributed by atoms with van der Waals surface area (Å²) in [6.45, 7) is 16.7. The number of anilines is 2. The molecule has 1 aromatic heterocycles. The van der Waals surface area contributed by atoms with Crippen molar-refractivity contribution in [1.82, 2.24) is 10.3 Å². The Morgan fingerprint density at radius 2 is 1.30 bits per heavy atom. The topological polar surface area (TPSA) is 191 Å². The fraction of sp³-hybridized carbons (Fsp3) is 0.325. The van der Waals surface area contributed by atoms with E-state index in [-0.39, 0.29) is 40.4 Å². The van der Waals surface area contributed by atoms with Crippen molar-refractivity contribution in [2.45, 2.75) is 79.9 Å². The second-order valence-electron chi connectivity index (χ2n) is 15.2. The van der Waals surface area contributed by atoms with E-state index in [1.54, 1.807) is 84.0 Å². The van der Waals surface area contributed by atoms with Crippen molar-refractivity contribution < 1.29 is 43.0 Å². The Hall–Kier alpha value is -6.40. The average molecular weight is 740 g/mol. The summed E-state index contributed by atoms with van der Waals surface area (Å²) in [4.78, 5) is 75.2. The normalized spacial score (nSPS) is 11.6. The van der Waals surface area contributed by atoms with Gasteiger partial charge >= 0.3 is 24.3 Å². The van der Waals surface area contributed by atoms with E-state index in [4.69, 9.17) is 23.8 Å². The first-order valence-electron chi connectivity index (χ1n) is 16.8. The highest BCUT2D eigenvalue weighted by molar-refractivity contribution is 6.06. The molecule has 0 atom stereocenters. The number of nitrogens with one attached hydrogen (secondary N) is 3. The number of aliphatic imine (C=N–C) groups is 1. The number of benzene rings is 3. The Bertz CT molecular complexity index is 2030. The first-order chi connectivity index (χ1) is 25.1. The SMILES string of the molecule is CC(C)(C)Cc1ccc(NC(=O)c2ccc3cc(OC(=O)c4ccc(NC(=NC(=O)OC(C)(C)C)NC(=O)OC(C)(C)C)cc4)ccc3n2)cc1.O=C=O. The number of aromatic nitrogens is 1. The molecule has 1 heterocycles. The third-order valence-electron chi connectivity index (χ3n) is 6.65. The standard InChI is InChI=1S/C39H45N5O7.CO2/c1-37(2,3)23-24-10-15-27(16-11-24)40-32(45)31-20-14-26-22-29(19-21-30(26)42-31)49-33(46)25-12-17-28(18-13-25)41-34(43-35(47)50-38(4,5)6)44-36(48)51-39(7,8)9;2-1-3/h10-22H,23H2,1-9H3,(H,40,45)(H2,41,43,44,47,48);. The van der Waals surface area contributed by atoms with E-state index in [1.807, 2.05) is 24.3 Å². The van der Waals surface area contributed by atoms with Gasteiger partial charge in [0.1, 0.15) is 22.6 Å². The largest absolute Gasteiger partial charge is 0.444 e. The van der Waals surface area contributed by atoms with E-state index < -0.39 is 29.4 Å². The van der Waals surface area contributed by atoms with E-state index in [2.05, 4.69) is 46.7 Å². The van der Waals surface area contributed by atoms with E-state index in [0.29, 0.717) is 22.3 Å². The molecular weight excluding hydrogens is 694 g/mol. The van der Waals surface area contributed by atoms with Gasteiger partial charge in [-0.1, -0.05) is 39.0 Å². The molecule has 14 nitrogen and oxygen atoms in total. The van der Waals surface area contributed by atoms with Crippen LogP contribution in [0.15, 0.2) is 83.9 Å². The molecule has 14 heteroatoms. The van der Waals surface area contributed by atoms with Gasteiger partial charge in [-0.2, -0.15) is 9.59 Å². The van der Waals surface area contributed by atoms with Crippen LogP contribution in [0.3, 0.4) is 0 Å². The van der Waals surface area contributed by atoms with Gasteiger partial charge < -0.3 is 24.8 Å². The zero-order valence-electron chi connectivity index (χ0n) is 31.8. The predicted molar refractivity (Wildman–Crippen MR) is 202 cm³/mol. The van der Waals surface area contributed by atoms with Crippen LogP contribution < -0.4 is 20.7 Å². The fourth-order valence-corrected chi connectivity index (χ4v) is 4.66. The number of nitrogens with zero attached hydrogens (tertiary/aromatic N) is 2. The second kappa shape index (κ2) is 17.9. The van der Waals surface area contributed by atoms with E-state index in [9.17, 15) is 19.2 Å². The van der Waals surface area contributed by atoms with E-state index in [0.717, 1.165) is 6.42 Å². The summed E-state index contributed by atoms with van der Waals surface area (Å²) in [6, 6.07) is 22.2. The Balaban J connectivity index is 0.00000253. The molecule has 0 aliphatic rings. The van der Waals surface area contributed by atoms with Crippen molar-refractivity contribution in [3.8, 4) is 5.75 Å². The smallest absolute Gasteiger partial charge is 0.437 e. The number of alkyl carbamates (subject to hydrolysis) is 1. The Labute approximate surface area is 313 Å². The Morgan fingerprint density at radius 3 is 1.87 bits per heavy atom. The molecule has 3 aromatic carbocycles. The third kappa shape index (κ3) is 14.7. The van der Waals surface area contributed by atoms with Crippen LogP contribution in [-0.4, -0.2) is 52.4 Å². The summed E-state index contributed by atoms with van der Waals surface area (Å²) < 4.78 is 16.1. The quantitative estimate of drug-likeness (QED) is 0.0753. The van der Waals surface area contributed by atoms with Crippen molar-refractivity contribution in [1.29, 1.82) is 0 Å². The van der Waals surface area contributed by atoms with Crippen molar-refractivity contribution in [2.75, 3.05) is 10.6 Å². The Morgan fingerprint density at radius 1 is 0.722 bits per heavy atom. The number of hydrogen-bond acceptors (Lipinski definition) is 10. The Kier molecular flexibility index (Phi) is 13.9. The number of esters is 1. The molecule has 54 heavy (non-hydrogen) atoms. The minimum atomic E-state index is -0.927. The van der Waals surface area contributed by atoms with Crippen LogP contribution in [-0.2, 0) is 25.5 Å². The zero-order chi connectivity index (χ0) is 40.3. The van der Waals surface area contributed by atoms with Gasteiger partial charge in [-0.05, 0) is 120 Å². The van der Waals surface area contributed by atoms with E-state index in [1.165, 1.54) is 17.7 Å². The number of hydrogen-bond donors (Lipinski definition) is 3. The molecule has 0 fully saturated rings. The summed E-state index contributed by atoms with van der Waals surface area (Å²) in [5, 5.41) is 8.81. The molecule has 3 amide bonds. The van der Waals surface area contributed by atoms with Crippen LogP contribution in [0.2, 0.25) is 0 Å². The first-order valence-corrected chi connectivity index (χ1v) is 16.8. The molecule has 0 radical (unpaired) electrons. The van der Waals surface area contributed by atoms with Crippen LogP contribution in [0, 0.1) is 5.41 Å². The minimum Gasteiger partial charge on any atom is -0.444 e. The van der Waals surface area contributed by atoms with Crippen LogP contribution in [0.25, 0.3) is 10.9 Å². The van der Waals surface area contributed by atoms with Crippen LogP contribution in [0.1, 0.15) is 88.7 Å². The predicted octanol–water partition coefficient (Wildman–Crippen LogP) is 7.94. The average Bonchev–Trinajstić information content (AvgIpc) is 3.03. The van der Waals surface area contributed by atoms with Gasteiger partial charge in [0, 0.05) is 16.8 Å².